The van der Waals surface area contributed by atoms with E-state index in [9.17, 15) is 14.7 Å². The lowest BCUT2D eigenvalue weighted by Gasteiger charge is -2.27. The number of amides is 1. The molecule has 218 valence electrons. The minimum atomic E-state index is -0.806. The van der Waals surface area contributed by atoms with Crippen LogP contribution in [0.1, 0.15) is 64.5 Å². The Hall–Kier alpha value is -3.55. The van der Waals surface area contributed by atoms with Crippen molar-refractivity contribution in [3.8, 4) is 5.75 Å². The monoisotopic (exact) mass is 602 g/mol. The third kappa shape index (κ3) is 8.05. The van der Waals surface area contributed by atoms with Crippen LogP contribution < -0.4 is 4.74 Å². The van der Waals surface area contributed by atoms with Gasteiger partial charge in [-0.1, -0.05) is 54.1 Å². The molecule has 1 aliphatic heterocycles. The molecule has 0 bridgehead atoms. The molecular formula is C34H35ClN2O4S. The van der Waals surface area contributed by atoms with Crippen LogP contribution in [-0.2, 0) is 17.8 Å². The summed E-state index contributed by atoms with van der Waals surface area (Å²) in [6.45, 7) is 1.95. The third-order valence-corrected chi connectivity index (χ3v) is 9.12. The number of benzene rings is 3. The van der Waals surface area contributed by atoms with Gasteiger partial charge in [-0.05, 0) is 79.6 Å². The van der Waals surface area contributed by atoms with Crippen molar-refractivity contribution in [3.05, 3.63) is 106 Å². The van der Waals surface area contributed by atoms with Crippen LogP contribution in [0.4, 0.5) is 0 Å². The van der Waals surface area contributed by atoms with Gasteiger partial charge in [-0.2, -0.15) is 11.8 Å². The summed E-state index contributed by atoms with van der Waals surface area (Å²) in [5.74, 6) is 0.536. The van der Waals surface area contributed by atoms with Crippen LogP contribution in [0.3, 0.4) is 0 Å². The number of halogens is 1. The molecule has 6 nitrogen and oxygen atoms in total. The number of aromatic nitrogens is 1. The van der Waals surface area contributed by atoms with Gasteiger partial charge in [0, 0.05) is 40.1 Å². The second-order valence-electron chi connectivity index (χ2n) is 10.6. The Bertz CT molecular complexity index is 1540. The fraction of sp³-hybridized carbons (Fsp3) is 0.324. The highest BCUT2D eigenvalue weighted by molar-refractivity contribution is 7.99. The van der Waals surface area contributed by atoms with Crippen molar-refractivity contribution in [2.75, 3.05) is 18.8 Å². The van der Waals surface area contributed by atoms with Crippen LogP contribution in [-0.4, -0.2) is 45.7 Å². The fourth-order valence-electron chi connectivity index (χ4n) is 5.31. The number of ether oxygens (including phenoxy) is 1. The number of rotatable bonds is 12. The molecule has 5 rings (SSSR count). The van der Waals surface area contributed by atoms with Gasteiger partial charge in [-0.25, -0.2) is 4.98 Å². The Kier molecular flexibility index (Phi) is 10.4. The summed E-state index contributed by atoms with van der Waals surface area (Å²) in [7, 11) is 0. The molecule has 1 unspecified atom stereocenters. The Morgan fingerprint density at radius 3 is 2.62 bits per heavy atom. The third-order valence-electron chi connectivity index (χ3n) is 7.53. The Balaban J connectivity index is 1.29. The van der Waals surface area contributed by atoms with E-state index in [-0.39, 0.29) is 17.6 Å². The Labute approximate surface area is 256 Å². The van der Waals surface area contributed by atoms with Crippen LogP contribution in [0, 0.1) is 0 Å². The predicted molar refractivity (Wildman–Crippen MR) is 169 cm³/mol. The van der Waals surface area contributed by atoms with E-state index in [0.717, 1.165) is 77.8 Å². The second kappa shape index (κ2) is 14.6. The van der Waals surface area contributed by atoms with Crippen LogP contribution >= 0.6 is 23.4 Å². The molecule has 1 amide bonds. The number of carboxylic acid groups (broad SMARTS) is 1. The van der Waals surface area contributed by atoms with Gasteiger partial charge in [0.15, 0.2) is 0 Å². The first-order valence-corrected chi connectivity index (χ1v) is 15.9. The Morgan fingerprint density at radius 1 is 0.976 bits per heavy atom. The van der Waals surface area contributed by atoms with E-state index < -0.39 is 5.97 Å². The highest BCUT2D eigenvalue weighted by atomic mass is 35.5. The number of carbonyl (C=O) groups is 2. The van der Waals surface area contributed by atoms with Gasteiger partial charge >= 0.3 is 5.97 Å². The maximum Gasteiger partial charge on any atom is 0.304 e. The highest BCUT2D eigenvalue weighted by Gasteiger charge is 2.22. The van der Waals surface area contributed by atoms with Crippen LogP contribution in [0.5, 0.6) is 5.75 Å². The molecule has 1 N–H and O–H groups in total. The van der Waals surface area contributed by atoms with E-state index in [1.807, 2.05) is 77.7 Å². The zero-order valence-corrected chi connectivity index (χ0v) is 25.1. The standard InChI is InChI=1S/C34H35ClN2O4S/c35-27-14-11-25-12-15-28(36-31(25)22-27)23-41-29-9-6-8-26(21-29)32(42-20-17-33(38)39)16-13-24-7-2-3-10-30(24)34(40)37-18-4-1-5-19-37/h2-3,6-12,14-15,21-22,32H,1,4-5,13,16-20,23H2,(H,38,39). The van der Waals surface area contributed by atoms with Crippen molar-refractivity contribution in [3.63, 3.8) is 0 Å². The lowest BCUT2D eigenvalue weighted by Crippen LogP contribution is -2.36. The van der Waals surface area contributed by atoms with Crippen molar-refractivity contribution in [2.45, 2.75) is 50.4 Å². The lowest BCUT2D eigenvalue weighted by atomic mass is 9.98. The van der Waals surface area contributed by atoms with Gasteiger partial charge in [-0.3, -0.25) is 9.59 Å². The zero-order valence-electron chi connectivity index (χ0n) is 23.5. The first-order valence-electron chi connectivity index (χ1n) is 14.4. The van der Waals surface area contributed by atoms with Crippen LogP contribution in [0.25, 0.3) is 10.9 Å². The minimum absolute atomic E-state index is 0.0481. The molecule has 1 aromatic heterocycles. The van der Waals surface area contributed by atoms with E-state index >= 15 is 0 Å². The highest BCUT2D eigenvalue weighted by Crippen LogP contribution is 2.36. The molecule has 0 aliphatic carbocycles. The lowest BCUT2D eigenvalue weighted by molar-refractivity contribution is -0.136. The zero-order chi connectivity index (χ0) is 29.3. The average molecular weight is 603 g/mol. The number of fused-ring (bicyclic) bond motifs is 1. The van der Waals surface area contributed by atoms with Crippen molar-refractivity contribution >= 4 is 46.1 Å². The molecule has 3 aromatic carbocycles. The molecule has 1 aliphatic rings. The number of carboxylic acids is 1. The van der Waals surface area contributed by atoms with Crippen LogP contribution in [0.15, 0.2) is 78.9 Å². The number of hydrogen-bond donors (Lipinski definition) is 1. The number of likely N-dealkylation sites (tertiary alicyclic amines) is 1. The summed E-state index contributed by atoms with van der Waals surface area (Å²) in [6.07, 6.45) is 4.87. The average Bonchev–Trinajstić information content (AvgIpc) is 3.01. The largest absolute Gasteiger partial charge is 0.487 e. The van der Waals surface area contributed by atoms with E-state index in [1.165, 1.54) is 6.42 Å². The first-order chi connectivity index (χ1) is 20.5. The number of aliphatic carboxylic acids is 1. The maximum atomic E-state index is 13.3. The number of aryl methyl sites for hydroxylation is 1. The molecule has 0 radical (unpaired) electrons. The summed E-state index contributed by atoms with van der Waals surface area (Å²) in [4.78, 5) is 31.2. The topological polar surface area (TPSA) is 79.7 Å². The van der Waals surface area contributed by atoms with Gasteiger partial charge in [-0.15, -0.1) is 0 Å². The summed E-state index contributed by atoms with van der Waals surface area (Å²) >= 11 is 7.78. The number of thioether (sulfide) groups is 1. The number of nitrogens with zero attached hydrogens (tertiary/aromatic N) is 2. The van der Waals surface area contributed by atoms with E-state index in [2.05, 4.69) is 11.1 Å². The minimum Gasteiger partial charge on any atom is -0.487 e. The molecule has 1 fully saturated rings. The van der Waals surface area contributed by atoms with E-state index in [1.54, 1.807) is 11.8 Å². The quantitative estimate of drug-likeness (QED) is 0.177. The van der Waals surface area contributed by atoms with Gasteiger partial charge in [0.1, 0.15) is 12.4 Å². The molecule has 42 heavy (non-hydrogen) atoms. The van der Waals surface area contributed by atoms with Gasteiger partial charge < -0.3 is 14.7 Å². The number of hydrogen-bond acceptors (Lipinski definition) is 5. The molecule has 8 heteroatoms. The van der Waals surface area contributed by atoms with Crippen molar-refractivity contribution in [1.82, 2.24) is 9.88 Å². The molecule has 2 heterocycles. The smallest absolute Gasteiger partial charge is 0.304 e. The summed E-state index contributed by atoms with van der Waals surface area (Å²) < 4.78 is 6.14. The first kappa shape index (κ1) is 29.9. The van der Waals surface area contributed by atoms with Crippen molar-refractivity contribution < 1.29 is 19.4 Å². The summed E-state index contributed by atoms with van der Waals surface area (Å²) in [5.41, 5.74) is 4.51. The van der Waals surface area contributed by atoms with Gasteiger partial charge in [0.2, 0.25) is 0 Å². The number of carbonyl (C=O) groups excluding carboxylic acids is 1. The van der Waals surface area contributed by atoms with Crippen molar-refractivity contribution in [2.24, 2.45) is 0 Å². The van der Waals surface area contributed by atoms with E-state index in [0.29, 0.717) is 17.4 Å². The van der Waals surface area contributed by atoms with Gasteiger partial charge in [0.25, 0.3) is 5.91 Å². The molecule has 1 saturated heterocycles. The number of pyridine rings is 1. The molecule has 4 aromatic rings. The number of piperidine rings is 1. The SMILES string of the molecule is O=C(O)CCSC(CCc1ccccc1C(=O)N1CCCCC1)c1cccc(OCc2ccc3ccc(Cl)cc3n2)c1. The normalized spacial score (nSPS) is 14.1. The molecule has 0 saturated carbocycles. The summed E-state index contributed by atoms with van der Waals surface area (Å²) in [5, 5.41) is 11.0. The van der Waals surface area contributed by atoms with Crippen molar-refractivity contribution in [1.29, 1.82) is 0 Å². The molecular weight excluding hydrogens is 568 g/mol. The predicted octanol–water partition coefficient (Wildman–Crippen LogP) is 7.98. The van der Waals surface area contributed by atoms with E-state index in [4.69, 9.17) is 16.3 Å². The fourth-order valence-corrected chi connectivity index (χ4v) is 6.68. The second-order valence-corrected chi connectivity index (χ2v) is 12.3. The van der Waals surface area contributed by atoms with Crippen LogP contribution in [0.2, 0.25) is 5.02 Å². The molecule has 0 spiro atoms. The Morgan fingerprint density at radius 2 is 1.79 bits per heavy atom. The summed E-state index contributed by atoms with van der Waals surface area (Å²) in [6, 6.07) is 25.5. The molecule has 1 atom stereocenters. The maximum absolute atomic E-state index is 13.3. The van der Waals surface area contributed by atoms with Gasteiger partial charge in [0.05, 0.1) is 17.6 Å².